The van der Waals surface area contributed by atoms with E-state index >= 15 is 0 Å². The number of aryl methyl sites for hydroxylation is 1. The molecule has 3 aliphatic rings. The van der Waals surface area contributed by atoms with Gasteiger partial charge in [-0.2, -0.15) is 0 Å². The van der Waals surface area contributed by atoms with Crippen LogP contribution in [0.3, 0.4) is 0 Å². The summed E-state index contributed by atoms with van der Waals surface area (Å²) < 4.78 is 5.98. The predicted octanol–water partition coefficient (Wildman–Crippen LogP) is 2.76. The molecule has 0 radical (unpaired) electrons. The van der Waals surface area contributed by atoms with Crippen molar-refractivity contribution in [3.63, 3.8) is 0 Å². The zero-order valence-electron chi connectivity index (χ0n) is 15.3. The summed E-state index contributed by atoms with van der Waals surface area (Å²) in [4.78, 5) is 25.5. The van der Waals surface area contributed by atoms with Crippen molar-refractivity contribution in [2.24, 2.45) is 5.92 Å². The molecule has 2 atom stereocenters. The number of amides is 1. The fourth-order valence-corrected chi connectivity index (χ4v) is 4.20. The smallest absolute Gasteiger partial charge is 0.274 e. The van der Waals surface area contributed by atoms with Gasteiger partial charge in [0.25, 0.3) is 5.91 Å². The van der Waals surface area contributed by atoms with E-state index in [0.717, 1.165) is 57.0 Å². The van der Waals surface area contributed by atoms with Crippen molar-refractivity contribution in [2.75, 3.05) is 19.6 Å². The van der Waals surface area contributed by atoms with E-state index in [9.17, 15) is 4.79 Å². The van der Waals surface area contributed by atoms with Gasteiger partial charge in [-0.3, -0.25) is 14.7 Å². The van der Waals surface area contributed by atoms with Crippen LogP contribution in [0.1, 0.15) is 48.2 Å². The minimum Gasteiger partial charge on any atom is -0.465 e. The molecule has 0 N–H and O–H groups in total. The Hall–Kier alpha value is -2.21. The van der Waals surface area contributed by atoms with Crippen LogP contribution in [-0.2, 0) is 13.0 Å². The molecule has 5 rings (SSSR count). The Morgan fingerprint density at radius 1 is 1.19 bits per heavy atom. The fraction of sp³-hybridized carbons (Fsp3) is 0.550. The van der Waals surface area contributed by atoms with E-state index in [1.165, 1.54) is 6.42 Å². The zero-order valence-corrected chi connectivity index (χ0v) is 15.3. The number of hydrogen-bond donors (Lipinski definition) is 0. The molecule has 3 aliphatic heterocycles. The number of nitrogens with zero attached hydrogens (tertiary/aromatic N) is 4. The third-order valence-electron chi connectivity index (χ3n) is 5.47. The Balaban J connectivity index is 1.45. The number of carbonyl (C=O) groups is 1. The molecule has 6 nitrogen and oxygen atoms in total. The lowest BCUT2D eigenvalue weighted by atomic mass is 9.95. The second-order valence-corrected chi connectivity index (χ2v) is 7.45. The van der Waals surface area contributed by atoms with Gasteiger partial charge in [0.05, 0.1) is 12.7 Å². The lowest BCUT2D eigenvalue weighted by Gasteiger charge is -2.35. The highest BCUT2D eigenvalue weighted by molar-refractivity contribution is 5.92. The molecular formula is C20H26N4O2. The lowest BCUT2D eigenvalue weighted by molar-refractivity contribution is 0.0727. The molecule has 3 saturated heterocycles. The van der Waals surface area contributed by atoms with Crippen LogP contribution in [0.5, 0.6) is 0 Å². The second kappa shape index (κ2) is 7.58. The molecule has 1 amide bonds. The minimum absolute atomic E-state index is 0.0000747. The number of hydrogen-bond acceptors (Lipinski definition) is 5. The number of piperidine rings is 1. The van der Waals surface area contributed by atoms with Crippen molar-refractivity contribution >= 4 is 5.91 Å². The maximum atomic E-state index is 12.8. The van der Waals surface area contributed by atoms with Crippen molar-refractivity contribution in [3.8, 4) is 0 Å². The van der Waals surface area contributed by atoms with Gasteiger partial charge >= 0.3 is 0 Å². The minimum atomic E-state index is 0.0000747. The molecule has 138 valence electrons. The van der Waals surface area contributed by atoms with E-state index in [4.69, 9.17) is 4.42 Å². The monoisotopic (exact) mass is 354 g/mol. The Kier molecular flexibility index (Phi) is 5.02. The average Bonchev–Trinajstić information content (AvgIpc) is 2.90. The van der Waals surface area contributed by atoms with Crippen LogP contribution >= 0.6 is 0 Å². The molecule has 0 spiro atoms. The Bertz CT molecular complexity index is 745. The highest BCUT2D eigenvalue weighted by atomic mass is 16.3. The summed E-state index contributed by atoms with van der Waals surface area (Å²) >= 11 is 0. The van der Waals surface area contributed by atoms with Gasteiger partial charge in [-0.15, -0.1) is 0 Å². The lowest BCUT2D eigenvalue weighted by Crippen LogP contribution is -2.43. The van der Waals surface area contributed by atoms with Gasteiger partial charge in [-0.05, 0) is 37.3 Å². The number of aromatic nitrogens is 2. The summed E-state index contributed by atoms with van der Waals surface area (Å²) in [6, 6.07) is 4.58. The first-order valence-corrected chi connectivity index (χ1v) is 9.60. The zero-order chi connectivity index (χ0) is 17.9. The summed E-state index contributed by atoms with van der Waals surface area (Å²) in [5.74, 6) is 2.62. The molecular weight excluding hydrogens is 328 g/mol. The van der Waals surface area contributed by atoms with E-state index in [1.54, 1.807) is 18.6 Å². The van der Waals surface area contributed by atoms with E-state index < -0.39 is 0 Å². The average molecular weight is 354 g/mol. The largest absolute Gasteiger partial charge is 0.465 e. The third kappa shape index (κ3) is 3.65. The van der Waals surface area contributed by atoms with Gasteiger partial charge < -0.3 is 9.32 Å². The van der Waals surface area contributed by atoms with E-state index in [1.807, 2.05) is 4.90 Å². The first-order valence-electron chi connectivity index (χ1n) is 9.60. The highest BCUT2D eigenvalue weighted by Gasteiger charge is 2.37. The van der Waals surface area contributed by atoms with Crippen molar-refractivity contribution in [1.29, 1.82) is 0 Å². The summed E-state index contributed by atoms with van der Waals surface area (Å²) in [6.45, 7) is 5.59. The number of furan rings is 1. The van der Waals surface area contributed by atoms with Crippen molar-refractivity contribution in [1.82, 2.24) is 19.8 Å². The van der Waals surface area contributed by atoms with Crippen molar-refractivity contribution in [3.05, 3.63) is 47.9 Å². The number of fused-ring (bicyclic) bond motifs is 4. The van der Waals surface area contributed by atoms with Crippen LogP contribution in [0.4, 0.5) is 0 Å². The van der Waals surface area contributed by atoms with Crippen molar-refractivity contribution < 1.29 is 9.21 Å². The molecule has 0 aliphatic carbocycles. The Morgan fingerprint density at radius 3 is 2.88 bits per heavy atom. The molecule has 26 heavy (non-hydrogen) atoms. The maximum Gasteiger partial charge on any atom is 0.274 e. The maximum absolute atomic E-state index is 12.8. The summed E-state index contributed by atoms with van der Waals surface area (Å²) in [7, 11) is 0. The van der Waals surface area contributed by atoms with Crippen molar-refractivity contribution in [2.45, 2.75) is 45.2 Å². The second-order valence-electron chi connectivity index (χ2n) is 7.45. The normalized spacial score (nSPS) is 23.2. The topological polar surface area (TPSA) is 62.5 Å². The first-order chi connectivity index (χ1) is 12.7. The Morgan fingerprint density at radius 2 is 2.08 bits per heavy atom. The molecule has 2 bridgehead atoms. The molecule has 2 aromatic heterocycles. The molecule has 0 aromatic carbocycles. The molecule has 0 saturated carbocycles. The third-order valence-corrected chi connectivity index (χ3v) is 5.47. The molecule has 0 unspecified atom stereocenters. The van der Waals surface area contributed by atoms with Gasteiger partial charge in [0.1, 0.15) is 17.2 Å². The van der Waals surface area contributed by atoms with Crippen LogP contribution in [0.15, 0.2) is 35.1 Å². The Labute approximate surface area is 154 Å². The van der Waals surface area contributed by atoms with Gasteiger partial charge in [0.2, 0.25) is 0 Å². The number of rotatable bonds is 5. The molecule has 2 aromatic rings. The van der Waals surface area contributed by atoms with Crippen LogP contribution < -0.4 is 0 Å². The molecule has 3 fully saturated rings. The molecule has 6 heteroatoms. The van der Waals surface area contributed by atoms with Gasteiger partial charge in [0, 0.05) is 44.5 Å². The van der Waals surface area contributed by atoms with Crippen LogP contribution in [-0.4, -0.2) is 51.4 Å². The first kappa shape index (κ1) is 17.2. The SMILES string of the molecule is CCCc1ccc(CN2C[C@H]3CC[C@@H]2CN(C(=O)c2cnccn2)C3)o1. The van der Waals surface area contributed by atoms with Crippen LogP contribution in [0.2, 0.25) is 0 Å². The molecule has 5 heterocycles. The summed E-state index contributed by atoms with van der Waals surface area (Å²) in [5.41, 5.74) is 0.440. The summed E-state index contributed by atoms with van der Waals surface area (Å²) in [5, 5.41) is 0. The van der Waals surface area contributed by atoms with Gasteiger partial charge in [0.15, 0.2) is 0 Å². The van der Waals surface area contributed by atoms with E-state index in [2.05, 4.69) is 33.9 Å². The highest BCUT2D eigenvalue weighted by Crippen LogP contribution is 2.30. The van der Waals surface area contributed by atoms with Gasteiger partial charge in [-0.25, -0.2) is 4.98 Å². The van der Waals surface area contributed by atoms with Gasteiger partial charge in [-0.1, -0.05) is 6.92 Å². The fourth-order valence-electron chi connectivity index (χ4n) is 4.20. The quantitative estimate of drug-likeness (QED) is 0.826. The predicted molar refractivity (Wildman–Crippen MR) is 97.6 cm³/mol. The standard InChI is InChI=1S/C20H26N4O2/c1-2-3-17-6-7-18(26-17)14-23-11-15-4-5-16(23)13-24(12-15)20(25)19-10-21-8-9-22-19/h6-10,15-16H,2-5,11-14H2,1H3/t15-,16-/m1/s1. The van der Waals surface area contributed by atoms with Crippen LogP contribution in [0.25, 0.3) is 0 Å². The summed E-state index contributed by atoms with van der Waals surface area (Å²) in [6.07, 6.45) is 9.15. The van der Waals surface area contributed by atoms with Crippen LogP contribution in [0, 0.1) is 5.92 Å². The van der Waals surface area contributed by atoms with E-state index in [0.29, 0.717) is 17.7 Å². The van der Waals surface area contributed by atoms with E-state index in [-0.39, 0.29) is 5.91 Å². The number of carbonyl (C=O) groups excluding carboxylic acids is 1.